The fraction of sp³-hybridized carbons (Fsp3) is 0.526. The molecule has 1 fully saturated rings. The number of halogens is 1. The quantitative estimate of drug-likeness (QED) is 0.658. The van der Waals surface area contributed by atoms with Crippen molar-refractivity contribution < 1.29 is 9.18 Å². The van der Waals surface area contributed by atoms with E-state index in [1.54, 1.807) is 6.92 Å². The van der Waals surface area contributed by atoms with Crippen molar-refractivity contribution >= 4 is 35.4 Å². The van der Waals surface area contributed by atoms with Crippen molar-refractivity contribution in [3.63, 3.8) is 0 Å². The smallest absolute Gasteiger partial charge is 0.146 e. The van der Waals surface area contributed by atoms with E-state index in [0.717, 1.165) is 35.8 Å². The Morgan fingerprint density at radius 2 is 1.91 bits per heavy atom. The Balaban J connectivity index is 2.10. The van der Waals surface area contributed by atoms with Gasteiger partial charge in [0.25, 0.3) is 0 Å². The summed E-state index contributed by atoms with van der Waals surface area (Å²) in [6.45, 7) is 6.13. The molecular weight excluding hydrogens is 327 g/mol. The standard InChI is InChI=1S/C19H23FOS2/c1-13-9-14(5-6-17(13)20)15-10-19(22-7-4-8-23-19)12-18(2,3)16(15)11-21/h5-6,9,11H,4,7-8,10,12H2,1-3H3. The molecule has 1 aliphatic carbocycles. The van der Waals surface area contributed by atoms with Crippen molar-refractivity contribution in [2.24, 2.45) is 5.41 Å². The van der Waals surface area contributed by atoms with Gasteiger partial charge in [0.1, 0.15) is 12.1 Å². The number of allylic oxidation sites excluding steroid dienone is 2. The highest BCUT2D eigenvalue weighted by molar-refractivity contribution is 8.18. The van der Waals surface area contributed by atoms with Gasteiger partial charge in [-0.3, -0.25) is 4.79 Å². The third-order valence-corrected chi connectivity index (χ3v) is 8.18. The highest BCUT2D eigenvalue weighted by Crippen LogP contribution is 2.59. The van der Waals surface area contributed by atoms with Gasteiger partial charge in [0.15, 0.2) is 0 Å². The van der Waals surface area contributed by atoms with Crippen LogP contribution in [-0.4, -0.2) is 21.9 Å². The van der Waals surface area contributed by atoms with E-state index >= 15 is 0 Å². The van der Waals surface area contributed by atoms with Gasteiger partial charge in [0.05, 0.1) is 4.08 Å². The Hall–Kier alpha value is -0.740. The van der Waals surface area contributed by atoms with E-state index in [-0.39, 0.29) is 15.3 Å². The van der Waals surface area contributed by atoms with Crippen molar-refractivity contribution in [2.45, 2.75) is 44.1 Å². The molecule has 1 spiro atoms. The molecule has 23 heavy (non-hydrogen) atoms. The molecule has 0 amide bonds. The Morgan fingerprint density at radius 1 is 1.22 bits per heavy atom. The minimum atomic E-state index is -0.187. The topological polar surface area (TPSA) is 17.1 Å². The van der Waals surface area contributed by atoms with E-state index in [1.165, 1.54) is 24.0 Å². The molecule has 2 aliphatic rings. The highest BCUT2D eigenvalue weighted by Gasteiger charge is 2.46. The molecule has 0 bridgehead atoms. The molecule has 0 saturated carbocycles. The van der Waals surface area contributed by atoms with Crippen LogP contribution in [-0.2, 0) is 4.79 Å². The maximum atomic E-state index is 13.7. The SMILES string of the molecule is Cc1cc(C2=C(C=O)C(C)(C)CC3(C2)SCCCS3)ccc1F. The summed E-state index contributed by atoms with van der Waals surface area (Å²) >= 11 is 4.09. The summed E-state index contributed by atoms with van der Waals surface area (Å²) in [7, 11) is 0. The van der Waals surface area contributed by atoms with Gasteiger partial charge in [0.2, 0.25) is 0 Å². The van der Waals surface area contributed by atoms with E-state index in [1.807, 2.05) is 35.7 Å². The average molecular weight is 351 g/mol. The van der Waals surface area contributed by atoms with Crippen molar-refractivity contribution in [3.8, 4) is 0 Å². The molecule has 0 radical (unpaired) electrons. The van der Waals surface area contributed by atoms with Gasteiger partial charge in [-0.15, -0.1) is 23.5 Å². The number of hydrogen-bond acceptors (Lipinski definition) is 3. The molecule has 0 N–H and O–H groups in total. The van der Waals surface area contributed by atoms with Crippen LogP contribution in [0.4, 0.5) is 4.39 Å². The normalized spacial score (nSPS) is 23.1. The van der Waals surface area contributed by atoms with Crippen LogP contribution >= 0.6 is 23.5 Å². The van der Waals surface area contributed by atoms with E-state index in [0.29, 0.717) is 5.56 Å². The Labute approximate surface area is 146 Å². The third kappa shape index (κ3) is 3.25. The molecule has 0 unspecified atom stereocenters. The summed E-state index contributed by atoms with van der Waals surface area (Å²) in [5, 5.41) is 0. The van der Waals surface area contributed by atoms with E-state index in [4.69, 9.17) is 0 Å². The van der Waals surface area contributed by atoms with Crippen molar-refractivity contribution in [1.82, 2.24) is 0 Å². The molecule has 1 heterocycles. The first-order valence-electron chi connectivity index (χ1n) is 8.10. The maximum absolute atomic E-state index is 13.7. The number of hydrogen-bond donors (Lipinski definition) is 0. The lowest BCUT2D eigenvalue weighted by atomic mass is 9.71. The molecule has 1 nitrogen and oxygen atoms in total. The second kappa shape index (κ2) is 6.29. The van der Waals surface area contributed by atoms with Crippen LogP contribution in [0.1, 0.15) is 44.2 Å². The summed E-state index contributed by atoms with van der Waals surface area (Å²) in [4.78, 5) is 11.8. The monoisotopic (exact) mass is 350 g/mol. The second-order valence-corrected chi connectivity index (χ2v) is 10.4. The van der Waals surface area contributed by atoms with Gasteiger partial charge in [-0.1, -0.05) is 19.9 Å². The number of benzene rings is 1. The Bertz CT molecular complexity index is 657. The number of rotatable bonds is 2. The summed E-state index contributed by atoms with van der Waals surface area (Å²) in [5.41, 5.74) is 3.50. The van der Waals surface area contributed by atoms with Gasteiger partial charge in [-0.05, 0) is 71.9 Å². The first-order valence-corrected chi connectivity index (χ1v) is 10.1. The van der Waals surface area contributed by atoms with Crippen LogP contribution in [0, 0.1) is 18.2 Å². The lowest BCUT2D eigenvalue weighted by Crippen LogP contribution is -2.38. The predicted octanol–water partition coefficient (Wildman–Crippen LogP) is 5.47. The molecule has 0 atom stereocenters. The summed E-state index contributed by atoms with van der Waals surface area (Å²) in [5.74, 6) is 2.19. The first kappa shape index (κ1) is 17.1. The fourth-order valence-corrected chi connectivity index (χ4v) is 7.50. The van der Waals surface area contributed by atoms with Crippen molar-refractivity contribution in [1.29, 1.82) is 0 Å². The Morgan fingerprint density at radius 3 is 2.52 bits per heavy atom. The van der Waals surface area contributed by atoms with Crippen LogP contribution in [0.3, 0.4) is 0 Å². The molecule has 4 heteroatoms. The molecule has 3 rings (SSSR count). The Kier molecular flexibility index (Phi) is 4.67. The van der Waals surface area contributed by atoms with Gasteiger partial charge < -0.3 is 0 Å². The zero-order valence-corrected chi connectivity index (χ0v) is 15.6. The molecule has 1 saturated heterocycles. The van der Waals surface area contributed by atoms with Crippen molar-refractivity contribution in [2.75, 3.05) is 11.5 Å². The van der Waals surface area contributed by atoms with Crippen LogP contribution in [0.2, 0.25) is 0 Å². The zero-order valence-electron chi connectivity index (χ0n) is 13.9. The van der Waals surface area contributed by atoms with Crippen molar-refractivity contribution in [3.05, 3.63) is 40.7 Å². The predicted molar refractivity (Wildman–Crippen MR) is 99.4 cm³/mol. The third-order valence-electron chi connectivity index (χ3n) is 4.85. The summed E-state index contributed by atoms with van der Waals surface area (Å²) in [6, 6.07) is 5.24. The zero-order chi connectivity index (χ0) is 16.7. The number of aldehydes is 1. The molecule has 1 aromatic rings. The van der Waals surface area contributed by atoms with Crippen LogP contribution < -0.4 is 0 Å². The molecule has 1 aromatic carbocycles. The maximum Gasteiger partial charge on any atom is 0.146 e. The van der Waals surface area contributed by atoms with Crippen LogP contribution in [0.15, 0.2) is 23.8 Å². The van der Waals surface area contributed by atoms with Gasteiger partial charge >= 0.3 is 0 Å². The van der Waals surface area contributed by atoms with Crippen LogP contribution in [0.5, 0.6) is 0 Å². The molecule has 1 aliphatic heterocycles. The second-order valence-electron chi connectivity index (χ2n) is 7.17. The summed E-state index contributed by atoms with van der Waals surface area (Å²) in [6.07, 6.45) is 4.20. The number of carbonyl (C=O) groups is 1. The first-order chi connectivity index (χ1) is 10.9. The van der Waals surface area contributed by atoms with E-state index < -0.39 is 0 Å². The number of carbonyl (C=O) groups excluding carboxylic acids is 1. The molecule has 124 valence electrons. The van der Waals surface area contributed by atoms with E-state index in [9.17, 15) is 9.18 Å². The van der Waals surface area contributed by atoms with E-state index in [2.05, 4.69) is 13.8 Å². The van der Waals surface area contributed by atoms with Gasteiger partial charge in [-0.25, -0.2) is 4.39 Å². The molecule has 0 aromatic heterocycles. The lowest BCUT2D eigenvalue weighted by molar-refractivity contribution is -0.105. The minimum absolute atomic E-state index is 0.144. The highest BCUT2D eigenvalue weighted by atomic mass is 32.2. The lowest BCUT2D eigenvalue weighted by Gasteiger charge is -2.47. The number of aryl methyl sites for hydroxylation is 1. The van der Waals surface area contributed by atoms with Crippen LogP contribution in [0.25, 0.3) is 5.57 Å². The average Bonchev–Trinajstić information content (AvgIpc) is 2.49. The fourth-order valence-electron chi connectivity index (χ4n) is 3.75. The number of thioether (sulfide) groups is 2. The van der Waals surface area contributed by atoms with Gasteiger partial charge in [-0.2, -0.15) is 0 Å². The largest absolute Gasteiger partial charge is 0.298 e. The summed E-state index contributed by atoms with van der Waals surface area (Å²) < 4.78 is 13.8. The molecular formula is C19H23FOS2. The minimum Gasteiger partial charge on any atom is -0.298 e. The van der Waals surface area contributed by atoms with Gasteiger partial charge in [0, 0.05) is 5.57 Å².